The maximum atomic E-state index is 6.23. The molecule has 2 aromatic heterocycles. The number of ether oxygens (including phenoxy) is 1. The van der Waals surface area contributed by atoms with E-state index in [2.05, 4.69) is 40.8 Å². The molecule has 24 heavy (non-hydrogen) atoms. The maximum absolute atomic E-state index is 6.23. The number of hydrogen-bond donors (Lipinski definition) is 0. The number of fused-ring (bicyclic) bond motifs is 1. The largest absolute Gasteiger partial charge is 0.474 e. The third-order valence-electron chi connectivity index (χ3n) is 5.25. The van der Waals surface area contributed by atoms with E-state index in [1.807, 2.05) is 6.20 Å². The number of rotatable bonds is 4. The highest BCUT2D eigenvalue weighted by molar-refractivity contribution is 6.30. The van der Waals surface area contributed by atoms with Gasteiger partial charge in [-0.1, -0.05) is 11.6 Å². The van der Waals surface area contributed by atoms with Crippen LogP contribution in [0.1, 0.15) is 54.5 Å². The Labute approximate surface area is 147 Å². The van der Waals surface area contributed by atoms with Gasteiger partial charge < -0.3 is 4.74 Å². The molecule has 0 saturated heterocycles. The smallest absolute Gasteiger partial charge is 0.216 e. The molecule has 1 aliphatic heterocycles. The Bertz CT molecular complexity index is 760. The molecule has 0 bridgehead atoms. The minimum atomic E-state index is 0.275. The van der Waals surface area contributed by atoms with Gasteiger partial charge in [0.15, 0.2) is 0 Å². The van der Waals surface area contributed by atoms with Crippen LogP contribution in [-0.4, -0.2) is 21.0 Å². The van der Waals surface area contributed by atoms with Crippen LogP contribution < -0.4 is 4.74 Å². The van der Waals surface area contributed by atoms with E-state index in [-0.39, 0.29) is 6.04 Å². The van der Waals surface area contributed by atoms with Gasteiger partial charge in [0.25, 0.3) is 0 Å². The minimum Gasteiger partial charge on any atom is -0.474 e. The van der Waals surface area contributed by atoms with Gasteiger partial charge in [0, 0.05) is 42.7 Å². The van der Waals surface area contributed by atoms with Crippen LogP contribution in [0.2, 0.25) is 5.15 Å². The van der Waals surface area contributed by atoms with Crippen LogP contribution in [0.25, 0.3) is 0 Å². The Balaban J connectivity index is 1.50. The molecule has 1 saturated carbocycles. The van der Waals surface area contributed by atoms with Crippen molar-refractivity contribution >= 4 is 11.6 Å². The van der Waals surface area contributed by atoms with Crippen LogP contribution >= 0.6 is 11.6 Å². The number of hydrogen-bond acceptors (Lipinski definition) is 4. The van der Waals surface area contributed by atoms with Crippen molar-refractivity contribution in [2.24, 2.45) is 0 Å². The van der Waals surface area contributed by atoms with Gasteiger partial charge in [-0.2, -0.15) is 0 Å². The molecule has 1 unspecified atom stereocenters. The second-order valence-corrected chi connectivity index (χ2v) is 7.24. The second-order valence-electron chi connectivity index (χ2n) is 6.88. The van der Waals surface area contributed by atoms with Crippen molar-refractivity contribution in [3.63, 3.8) is 0 Å². The van der Waals surface area contributed by atoms with Crippen LogP contribution in [0.4, 0.5) is 0 Å². The van der Waals surface area contributed by atoms with E-state index in [1.165, 1.54) is 17.5 Å². The molecule has 2 aromatic rings. The van der Waals surface area contributed by atoms with Gasteiger partial charge in [-0.15, -0.1) is 0 Å². The lowest BCUT2D eigenvalue weighted by molar-refractivity contribution is 0.113. The summed E-state index contributed by atoms with van der Waals surface area (Å²) >= 11 is 6.23. The van der Waals surface area contributed by atoms with Crippen molar-refractivity contribution in [1.82, 2.24) is 14.9 Å². The van der Waals surface area contributed by atoms with Gasteiger partial charge in [-0.25, -0.2) is 9.97 Å². The Hall–Kier alpha value is -1.65. The molecular weight excluding hydrogens is 322 g/mol. The van der Waals surface area contributed by atoms with Crippen LogP contribution in [0, 0.1) is 6.92 Å². The van der Waals surface area contributed by atoms with Gasteiger partial charge in [0.2, 0.25) is 5.88 Å². The molecule has 0 N–H and O–H groups in total. The molecular formula is C19H22ClN3O. The summed E-state index contributed by atoms with van der Waals surface area (Å²) < 4.78 is 5.96. The standard InChI is InChI=1S/C19H22ClN3O/c1-12-8-15(9-22-19(12)24-16-4-3-5-16)13(2)23-10-14-6-7-21-18(20)17(14)11-23/h6-9,13,16H,3-5,10-11H2,1-2H3. The van der Waals surface area contributed by atoms with E-state index < -0.39 is 0 Å². The average Bonchev–Trinajstić information content (AvgIpc) is 2.97. The van der Waals surface area contributed by atoms with Crippen LogP contribution in [0.15, 0.2) is 24.5 Å². The quantitative estimate of drug-likeness (QED) is 0.769. The first-order valence-corrected chi connectivity index (χ1v) is 8.99. The van der Waals surface area contributed by atoms with E-state index in [1.54, 1.807) is 6.20 Å². The zero-order chi connectivity index (χ0) is 16.7. The summed E-state index contributed by atoms with van der Waals surface area (Å²) in [4.78, 5) is 11.2. The normalized spacial score (nSPS) is 19.0. The van der Waals surface area contributed by atoms with Crippen molar-refractivity contribution in [2.75, 3.05) is 0 Å². The lowest BCUT2D eigenvalue weighted by Gasteiger charge is -2.27. The summed E-state index contributed by atoms with van der Waals surface area (Å²) in [5.74, 6) is 0.785. The van der Waals surface area contributed by atoms with E-state index in [9.17, 15) is 0 Å². The summed E-state index contributed by atoms with van der Waals surface area (Å²) in [5.41, 5.74) is 4.75. The number of aromatic nitrogens is 2. The maximum Gasteiger partial charge on any atom is 0.216 e. The van der Waals surface area contributed by atoms with Crippen molar-refractivity contribution < 1.29 is 4.74 Å². The molecule has 0 aromatic carbocycles. The van der Waals surface area contributed by atoms with E-state index in [0.29, 0.717) is 11.3 Å². The highest BCUT2D eigenvalue weighted by atomic mass is 35.5. The molecule has 1 atom stereocenters. The Morgan fingerprint density at radius 3 is 2.79 bits per heavy atom. The molecule has 5 heteroatoms. The molecule has 4 rings (SSSR count). The van der Waals surface area contributed by atoms with Crippen LogP contribution in [-0.2, 0) is 13.1 Å². The Morgan fingerprint density at radius 1 is 1.29 bits per heavy atom. The van der Waals surface area contributed by atoms with Gasteiger partial charge in [-0.05, 0) is 56.4 Å². The van der Waals surface area contributed by atoms with E-state index in [0.717, 1.165) is 42.9 Å². The second kappa shape index (κ2) is 6.34. The molecule has 0 radical (unpaired) electrons. The first kappa shape index (κ1) is 15.9. The number of aryl methyl sites for hydroxylation is 1. The fourth-order valence-corrected chi connectivity index (χ4v) is 3.60. The molecule has 4 nitrogen and oxygen atoms in total. The van der Waals surface area contributed by atoms with Gasteiger partial charge in [-0.3, -0.25) is 4.90 Å². The van der Waals surface area contributed by atoms with Crippen molar-refractivity contribution in [3.8, 4) is 5.88 Å². The number of pyridine rings is 2. The van der Waals surface area contributed by atoms with Gasteiger partial charge >= 0.3 is 0 Å². The Kier molecular flexibility index (Phi) is 4.19. The SMILES string of the molecule is Cc1cc(C(C)N2Cc3ccnc(Cl)c3C2)cnc1OC1CCC1. The summed E-state index contributed by atoms with van der Waals surface area (Å²) in [5, 5.41) is 0.626. The zero-order valence-corrected chi connectivity index (χ0v) is 14.9. The van der Waals surface area contributed by atoms with Crippen LogP contribution in [0.5, 0.6) is 5.88 Å². The topological polar surface area (TPSA) is 38.2 Å². The highest BCUT2D eigenvalue weighted by Crippen LogP contribution is 2.34. The third-order valence-corrected chi connectivity index (χ3v) is 5.57. The molecule has 2 aliphatic rings. The molecule has 1 aliphatic carbocycles. The molecule has 126 valence electrons. The van der Waals surface area contributed by atoms with E-state index in [4.69, 9.17) is 16.3 Å². The zero-order valence-electron chi connectivity index (χ0n) is 14.1. The monoisotopic (exact) mass is 343 g/mol. The molecule has 1 fully saturated rings. The van der Waals surface area contributed by atoms with E-state index >= 15 is 0 Å². The number of halogens is 1. The predicted molar refractivity (Wildman–Crippen MR) is 94.2 cm³/mol. The fourth-order valence-electron chi connectivity index (χ4n) is 3.36. The highest BCUT2D eigenvalue weighted by Gasteiger charge is 2.27. The first-order valence-electron chi connectivity index (χ1n) is 8.61. The van der Waals surface area contributed by atoms with Crippen molar-refractivity contribution in [3.05, 3.63) is 51.9 Å². The minimum absolute atomic E-state index is 0.275. The number of nitrogens with zero attached hydrogens (tertiary/aromatic N) is 3. The van der Waals surface area contributed by atoms with Crippen molar-refractivity contribution in [2.45, 2.75) is 58.3 Å². The van der Waals surface area contributed by atoms with Gasteiger partial charge in [0.05, 0.1) is 0 Å². The predicted octanol–water partition coefficient (Wildman–Crippen LogP) is 4.45. The summed E-state index contributed by atoms with van der Waals surface area (Å²) in [6.07, 6.45) is 7.68. The molecule has 0 amide bonds. The third kappa shape index (κ3) is 2.89. The summed E-state index contributed by atoms with van der Waals surface area (Å²) in [6.45, 7) is 6.04. The Morgan fingerprint density at radius 2 is 2.12 bits per heavy atom. The average molecular weight is 344 g/mol. The molecule has 3 heterocycles. The first-order chi connectivity index (χ1) is 11.6. The lowest BCUT2D eigenvalue weighted by Crippen LogP contribution is -2.25. The summed E-state index contributed by atoms with van der Waals surface area (Å²) in [6, 6.07) is 4.54. The fraction of sp³-hybridized carbons (Fsp3) is 0.474. The molecule has 0 spiro atoms. The van der Waals surface area contributed by atoms with Crippen LogP contribution in [0.3, 0.4) is 0 Å². The van der Waals surface area contributed by atoms with Gasteiger partial charge in [0.1, 0.15) is 11.3 Å². The summed E-state index contributed by atoms with van der Waals surface area (Å²) in [7, 11) is 0. The van der Waals surface area contributed by atoms with Crippen molar-refractivity contribution in [1.29, 1.82) is 0 Å². The lowest BCUT2D eigenvalue weighted by atomic mass is 9.96.